The molecule has 0 bridgehead atoms. The highest BCUT2D eigenvalue weighted by Gasteiger charge is 2.15. The van der Waals surface area contributed by atoms with Gasteiger partial charge in [0.2, 0.25) is 9.03 Å². The zero-order chi connectivity index (χ0) is 28.7. The Morgan fingerprint density at radius 3 is 2.02 bits per heavy atom. The summed E-state index contributed by atoms with van der Waals surface area (Å²) in [5.74, 6) is 1.94. The van der Waals surface area contributed by atoms with Gasteiger partial charge in [-0.1, -0.05) is 84.9 Å². The summed E-state index contributed by atoms with van der Waals surface area (Å²) in [4.78, 5) is 0. The molecule has 5 aromatic carbocycles. The topological polar surface area (TPSA) is 83.4 Å². The number of hydrogen-bond acceptors (Lipinski definition) is 7. The number of phenols is 1. The number of rotatable bonds is 10. The number of aromatic hydroxyl groups is 1. The van der Waals surface area contributed by atoms with Crippen molar-refractivity contribution >= 4 is 39.0 Å². The van der Waals surface area contributed by atoms with Gasteiger partial charge in [-0.05, 0) is 30.3 Å². The van der Waals surface area contributed by atoms with Gasteiger partial charge in [-0.25, -0.2) is 0 Å². The third kappa shape index (κ3) is 6.09. The van der Waals surface area contributed by atoms with E-state index in [1.165, 1.54) is 0 Å². The molecule has 0 saturated carbocycles. The summed E-state index contributed by atoms with van der Waals surface area (Å²) in [5.41, 5.74) is 3.78. The molecule has 0 fully saturated rings. The molecule has 0 saturated heterocycles. The lowest BCUT2D eigenvalue weighted by Crippen LogP contribution is -1.99. The summed E-state index contributed by atoms with van der Waals surface area (Å²) in [6, 6.07) is 36.1. The number of ether oxygens (including phenoxy) is 2. The molecule has 0 radical (unpaired) electrons. The van der Waals surface area contributed by atoms with Crippen LogP contribution in [0.2, 0.25) is 0 Å². The maximum absolute atomic E-state index is 10.3. The lowest BCUT2D eigenvalue weighted by Gasteiger charge is -2.15. The third-order valence-electron chi connectivity index (χ3n) is 6.58. The smallest absolute Gasteiger partial charge is 0.257 e. The number of hydrogen-bond donors (Lipinski definition) is 1. The maximum Gasteiger partial charge on any atom is 0.257 e. The summed E-state index contributed by atoms with van der Waals surface area (Å²) in [6.07, 6.45) is 0.179. The highest BCUT2D eigenvalue weighted by molar-refractivity contribution is 7.36. The number of methoxy groups -OCH3 is 1. The van der Waals surface area contributed by atoms with E-state index in [1.54, 1.807) is 19.2 Å². The van der Waals surface area contributed by atoms with E-state index >= 15 is 0 Å². The van der Waals surface area contributed by atoms with Crippen LogP contribution in [0.1, 0.15) is 5.56 Å². The molecule has 9 heteroatoms. The first-order valence-corrected chi connectivity index (χ1v) is 15.4. The molecular weight excluding hydrogens is 570 g/mol. The molecule has 6 rings (SSSR count). The molecule has 212 valence electrons. The first-order valence-electron chi connectivity index (χ1n) is 13.2. The number of fused-ring (bicyclic) bond motifs is 3. The Balaban J connectivity index is 1.19. The maximum atomic E-state index is 10.3. The molecule has 0 aliphatic carbocycles. The second-order valence-electron chi connectivity index (χ2n) is 9.22. The quantitative estimate of drug-likeness (QED) is 0.124. The van der Waals surface area contributed by atoms with Crippen molar-refractivity contribution in [3.05, 3.63) is 121 Å². The van der Waals surface area contributed by atoms with Gasteiger partial charge in [-0.3, -0.25) is 0 Å². The summed E-state index contributed by atoms with van der Waals surface area (Å²) < 4.78 is 36.4. The Morgan fingerprint density at radius 1 is 0.690 bits per heavy atom. The lowest BCUT2D eigenvalue weighted by atomic mass is 10.0. The summed E-state index contributed by atoms with van der Waals surface area (Å²) in [7, 11) is -0.152. The summed E-state index contributed by atoms with van der Waals surface area (Å²) in [6.45, 7) is 0.231. The molecule has 1 N–H and O–H groups in total. The van der Waals surface area contributed by atoms with Gasteiger partial charge >= 0.3 is 0 Å². The van der Waals surface area contributed by atoms with E-state index in [9.17, 15) is 5.11 Å². The number of benzene rings is 5. The van der Waals surface area contributed by atoms with Crippen LogP contribution < -0.4 is 14.0 Å². The normalized spacial score (nSPS) is 11.3. The SMILES string of the molecule is COc1cccc(COPOc2ccccc2-c2ccccc2O)c1OCp1oc2ccccc2c2ccccc2o1. The van der Waals surface area contributed by atoms with Crippen LogP contribution in [-0.2, 0) is 17.5 Å². The van der Waals surface area contributed by atoms with Crippen LogP contribution in [0.3, 0.4) is 0 Å². The molecule has 1 aromatic heterocycles. The van der Waals surface area contributed by atoms with Crippen molar-refractivity contribution < 1.29 is 32.0 Å². The van der Waals surface area contributed by atoms with Crippen molar-refractivity contribution in [1.29, 1.82) is 0 Å². The number of phenolic OH excluding ortho intramolecular Hbond substituents is 1. The Kier molecular flexibility index (Phi) is 8.62. The molecule has 6 aromatic rings. The van der Waals surface area contributed by atoms with E-state index in [4.69, 9.17) is 26.9 Å². The highest BCUT2D eigenvalue weighted by Crippen LogP contribution is 2.41. The molecule has 0 aliphatic heterocycles. The van der Waals surface area contributed by atoms with E-state index in [0.29, 0.717) is 22.8 Å². The molecule has 1 heterocycles. The van der Waals surface area contributed by atoms with E-state index in [1.807, 2.05) is 103 Å². The molecule has 0 aliphatic rings. The van der Waals surface area contributed by atoms with Crippen LogP contribution in [0.25, 0.3) is 33.1 Å². The average Bonchev–Trinajstić information content (AvgIpc) is 3.19. The minimum absolute atomic E-state index is 0.179. The Morgan fingerprint density at radius 2 is 1.31 bits per heavy atom. The Bertz CT molecular complexity index is 1810. The van der Waals surface area contributed by atoms with Crippen molar-refractivity contribution in [2.75, 3.05) is 7.11 Å². The molecule has 1 atom stereocenters. The molecule has 1 unspecified atom stereocenters. The van der Waals surface area contributed by atoms with E-state index < -0.39 is 8.01 Å². The second-order valence-corrected chi connectivity index (χ2v) is 11.2. The zero-order valence-electron chi connectivity index (χ0n) is 22.7. The highest BCUT2D eigenvalue weighted by atomic mass is 31.1. The molecule has 0 spiro atoms. The van der Waals surface area contributed by atoms with Crippen LogP contribution in [0.15, 0.2) is 124 Å². The van der Waals surface area contributed by atoms with Gasteiger partial charge in [0, 0.05) is 27.5 Å². The average molecular weight is 599 g/mol. The van der Waals surface area contributed by atoms with Gasteiger partial charge in [-0.2, -0.15) is 0 Å². The van der Waals surface area contributed by atoms with Gasteiger partial charge in [0.15, 0.2) is 17.8 Å². The van der Waals surface area contributed by atoms with E-state index in [0.717, 1.165) is 33.1 Å². The van der Waals surface area contributed by atoms with Crippen LogP contribution in [0.5, 0.6) is 23.0 Å². The first-order chi connectivity index (χ1) is 20.7. The third-order valence-corrected chi connectivity index (χ3v) is 8.28. The van der Waals surface area contributed by atoms with Gasteiger partial charge in [0.25, 0.3) is 8.01 Å². The Hall–Kier alpha value is -4.41. The molecule has 42 heavy (non-hydrogen) atoms. The minimum Gasteiger partial charge on any atom is -0.507 e. The van der Waals surface area contributed by atoms with Crippen LogP contribution in [0, 0.1) is 0 Å². The van der Waals surface area contributed by atoms with Crippen molar-refractivity contribution in [3.63, 3.8) is 0 Å². The minimum atomic E-state index is -1.46. The fraction of sp³-hybridized carbons (Fsp3) is 0.0909. The van der Waals surface area contributed by atoms with Gasteiger partial charge in [0.05, 0.1) is 13.7 Å². The second kappa shape index (κ2) is 13.1. The monoisotopic (exact) mass is 598 g/mol. The van der Waals surface area contributed by atoms with Crippen molar-refractivity contribution in [3.8, 4) is 34.1 Å². The van der Waals surface area contributed by atoms with Gasteiger partial charge < -0.3 is 32.0 Å². The van der Waals surface area contributed by atoms with Gasteiger partial charge in [0.1, 0.15) is 22.7 Å². The molecular formula is C33H28O7P2. The van der Waals surface area contributed by atoms with Gasteiger partial charge in [-0.15, -0.1) is 0 Å². The van der Waals surface area contributed by atoms with Crippen molar-refractivity contribution in [2.24, 2.45) is 0 Å². The number of para-hydroxylation sites is 5. The summed E-state index contributed by atoms with van der Waals surface area (Å²) >= 11 is 0. The lowest BCUT2D eigenvalue weighted by molar-refractivity contribution is 0.279. The van der Waals surface area contributed by atoms with E-state index in [-0.39, 0.29) is 27.7 Å². The molecule has 0 amide bonds. The predicted molar refractivity (Wildman–Crippen MR) is 167 cm³/mol. The first kappa shape index (κ1) is 27.7. The van der Waals surface area contributed by atoms with E-state index in [2.05, 4.69) is 0 Å². The predicted octanol–water partition coefficient (Wildman–Crippen LogP) is 9.81. The fourth-order valence-corrected chi connectivity index (χ4v) is 6.28. The van der Waals surface area contributed by atoms with Crippen molar-refractivity contribution in [1.82, 2.24) is 0 Å². The Labute approximate surface area is 245 Å². The molecule has 7 nitrogen and oxygen atoms in total. The van der Waals surface area contributed by atoms with Crippen LogP contribution in [0.4, 0.5) is 0 Å². The summed E-state index contributed by atoms with van der Waals surface area (Å²) in [5, 5.41) is 12.3. The largest absolute Gasteiger partial charge is 0.507 e. The van der Waals surface area contributed by atoms with Crippen LogP contribution >= 0.6 is 17.0 Å². The fourth-order valence-electron chi connectivity index (χ4n) is 4.61. The van der Waals surface area contributed by atoms with Crippen molar-refractivity contribution in [2.45, 2.75) is 13.0 Å². The van der Waals surface area contributed by atoms with Crippen LogP contribution in [-0.4, -0.2) is 12.2 Å². The standard InChI is InChI=1S/C33H28O7P2/c1-35-32-20-10-11-23(21-37-41-38-29-17-7-3-13-25(29)24-12-2-6-16-28(24)34)33(32)36-22-42-39-30-18-8-4-14-26(30)27-15-5-9-19-31(27)40-42/h2-20,34,41H,21-22H2,1H3. The zero-order valence-corrected chi connectivity index (χ0v) is 24.6.